The van der Waals surface area contributed by atoms with Crippen molar-refractivity contribution in [3.8, 4) is 0 Å². The summed E-state index contributed by atoms with van der Waals surface area (Å²) in [5.74, 6) is 2.79. The minimum absolute atomic E-state index is 0.795. The first-order valence-corrected chi connectivity index (χ1v) is 8.10. The Hall–Kier alpha value is -0.0800. The molecule has 1 N–H and O–H groups in total. The van der Waals surface area contributed by atoms with Gasteiger partial charge >= 0.3 is 0 Å². The quantitative estimate of drug-likeness (QED) is 0.808. The summed E-state index contributed by atoms with van der Waals surface area (Å²) < 4.78 is 5.49. The fourth-order valence-corrected chi connectivity index (χ4v) is 3.77. The van der Waals surface area contributed by atoms with E-state index in [9.17, 15) is 0 Å². The normalized spacial score (nSPS) is 34.7. The van der Waals surface area contributed by atoms with Crippen molar-refractivity contribution in [2.45, 2.75) is 64.8 Å². The summed E-state index contributed by atoms with van der Waals surface area (Å²) in [4.78, 5) is 0. The van der Waals surface area contributed by atoms with Crippen LogP contribution in [0, 0.1) is 17.8 Å². The molecule has 18 heavy (non-hydrogen) atoms. The maximum Gasteiger partial charge on any atom is 0.0468 e. The maximum atomic E-state index is 5.49. The molecule has 3 unspecified atom stereocenters. The molecule has 1 aliphatic carbocycles. The fourth-order valence-electron chi connectivity index (χ4n) is 3.77. The fraction of sp³-hybridized carbons (Fsp3) is 1.00. The average molecular weight is 253 g/mol. The van der Waals surface area contributed by atoms with Crippen molar-refractivity contribution in [1.29, 1.82) is 0 Å². The Kier molecular flexibility index (Phi) is 5.97. The highest BCUT2D eigenvalue weighted by Crippen LogP contribution is 2.35. The van der Waals surface area contributed by atoms with Gasteiger partial charge in [0.25, 0.3) is 0 Å². The monoisotopic (exact) mass is 253 g/mol. The van der Waals surface area contributed by atoms with Crippen molar-refractivity contribution in [2.24, 2.45) is 17.8 Å². The van der Waals surface area contributed by atoms with Crippen LogP contribution >= 0.6 is 0 Å². The van der Waals surface area contributed by atoms with Crippen molar-refractivity contribution in [3.05, 3.63) is 0 Å². The Balaban J connectivity index is 1.83. The average Bonchev–Trinajstić information content (AvgIpc) is 2.39. The van der Waals surface area contributed by atoms with Gasteiger partial charge in [-0.3, -0.25) is 0 Å². The second-order valence-electron chi connectivity index (χ2n) is 6.53. The molecule has 1 aliphatic heterocycles. The molecule has 0 aromatic carbocycles. The van der Waals surface area contributed by atoms with Crippen LogP contribution in [0.5, 0.6) is 0 Å². The van der Waals surface area contributed by atoms with Gasteiger partial charge in [0.15, 0.2) is 0 Å². The molecule has 2 rings (SSSR count). The third-order valence-electron chi connectivity index (χ3n) is 4.88. The third-order valence-corrected chi connectivity index (χ3v) is 4.88. The second-order valence-corrected chi connectivity index (χ2v) is 6.53. The van der Waals surface area contributed by atoms with Crippen LogP contribution in [-0.4, -0.2) is 25.8 Å². The summed E-state index contributed by atoms with van der Waals surface area (Å²) >= 11 is 0. The Morgan fingerprint density at radius 1 is 1.11 bits per heavy atom. The van der Waals surface area contributed by atoms with Gasteiger partial charge in [-0.25, -0.2) is 0 Å². The summed E-state index contributed by atoms with van der Waals surface area (Å²) in [7, 11) is 0. The van der Waals surface area contributed by atoms with E-state index in [2.05, 4.69) is 19.2 Å². The molecule has 1 heterocycles. The molecule has 3 atom stereocenters. The molecule has 2 nitrogen and oxygen atoms in total. The van der Waals surface area contributed by atoms with Gasteiger partial charge in [0, 0.05) is 19.3 Å². The second kappa shape index (κ2) is 7.49. The number of hydrogen-bond acceptors (Lipinski definition) is 2. The van der Waals surface area contributed by atoms with Crippen molar-refractivity contribution in [1.82, 2.24) is 5.32 Å². The molecule has 106 valence electrons. The first kappa shape index (κ1) is 14.3. The molecule has 0 radical (unpaired) electrons. The van der Waals surface area contributed by atoms with Crippen molar-refractivity contribution in [3.63, 3.8) is 0 Å². The highest BCUT2D eigenvalue weighted by molar-refractivity contribution is 4.85. The molecule has 2 fully saturated rings. The van der Waals surface area contributed by atoms with E-state index in [-0.39, 0.29) is 0 Å². The van der Waals surface area contributed by atoms with Crippen LogP contribution in [0.25, 0.3) is 0 Å². The molecule has 1 saturated heterocycles. The highest BCUT2D eigenvalue weighted by Gasteiger charge is 2.30. The summed E-state index contributed by atoms with van der Waals surface area (Å²) in [6.07, 6.45) is 9.56. The first-order valence-electron chi connectivity index (χ1n) is 8.10. The van der Waals surface area contributed by atoms with E-state index in [1.54, 1.807) is 0 Å². The SMILES string of the molecule is CCCNC1CCC(C)CC1CC1CCOCC1. The van der Waals surface area contributed by atoms with Crippen molar-refractivity contribution < 1.29 is 4.74 Å². The lowest BCUT2D eigenvalue weighted by Gasteiger charge is -2.38. The Labute approximate surface area is 113 Å². The molecule has 1 saturated carbocycles. The van der Waals surface area contributed by atoms with Crippen LogP contribution in [0.4, 0.5) is 0 Å². The lowest BCUT2D eigenvalue weighted by molar-refractivity contribution is 0.0507. The lowest BCUT2D eigenvalue weighted by Crippen LogP contribution is -2.41. The van der Waals surface area contributed by atoms with Crippen molar-refractivity contribution in [2.75, 3.05) is 19.8 Å². The lowest BCUT2D eigenvalue weighted by atomic mass is 9.73. The van der Waals surface area contributed by atoms with Crippen LogP contribution in [0.3, 0.4) is 0 Å². The minimum Gasteiger partial charge on any atom is -0.381 e. The zero-order valence-electron chi connectivity index (χ0n) is 12.3. The van der Waals surface area contributed by atoms with Gasteiger partial charge in [-0.1, -0.05) is 13.8 Å². The summed E-state index contributed by atoms with van der Waals surface area (Å²) in [6.45, 7) is 7.91. The predicted octanol–water partition coefficient (Wildman–Crippen LogP) is 3.61. The van der Waals surface area contributed by atoms with Gasteiger partial charge < -0.3 is 10.1 Å². The van der Waals surface area contributed by atoms with Crippen LogP contribution in [-0.2, 0) is 4.74 Å². The number of hydrogen-bond donors (Lipinski definition) is 1. The zero-order chi connectivity index (χ0) is 12.8. The molecule has 0 aromatic heterocycles. The number of nitrogens with one attached hydrogen (secondary N) is 1. The van der Waals surface area contributed by atoms with E-state index >= 15 is 0 Å². The molecule has 0 bridgehead atoms. The van der Waals surface area contributed by atoms with E-state index < -0.39 is 0 Å². The Morgan fingerprint density at radius 3 is 2.61 bits per heavy atom. The van der Waals surface area contributed by atoms with Crippen molar-refractivity contribution >= 4 is 0 Å². The molecular formula is C16H31NO. The molecule has 2 aliphatic rings. The topological polar surface area (TPSA) is 21.3 Å². The first-order chi connectivity index (χ1) is 8.79. The molecule has 0 amide bonds. The number of rotatable bonds is 5. The van der Waals surface area contributed by atoms with E-state index in [0.29, 0.717) is 0 Å². The van der Waals surface area contributed by atoms with E-state index in [1.165, 1.54) is 51.5 Å². The highest BCUT2D eigenvalue weighted by atomic mass is 16.5. The van der Waals surface area contributed by atoms with E-state index in [4.69, 9.17) is 4.74 Å². The van der Waals surface area contributed by atoms with Crippen LogP contribution in [0.1, 0.15) is 58.8 Å². The molecule has 0 aromatic rings. The van der Waals surface area contributed by atoms with Gasteiger partial charge in [-0.2, -0.15) is 0 Å². The minimum atomic E-state index is 0.795. The molecular weight excluding hydrogens is 222 g/mol. The van der Waals surface area contributed by atoms with Crippen LogP contribution in [0.2, 0.25) is 0 Å². The Bertz CT molecular complexity index is 223. The molecule has 2 heteroatoms. The number of ether oxygens (including phenoxy) is 1. The van der Waals surface area contributed by atoms with Gasteiger partial charge in [-0.05, 0) is 69.2 Å². The molecule has 0 spiro atoms. The van der Waals surface area contributed by atoms with Gasteiger partial charge in [0.2, 0.25) is 0 Å². The predicted molar refractivity (Wildman–Crippen MR) is 76.7 cm³/mol. The smallest absolute Gasteiger partial charge is 0.0468 e. The van der Waals surface area contributed by atoms with Gasteiger partial charge in [0.05, 0.1) is 0 Å². The maximum absolute atomic E-state index is 5.49. The third kappa shape index (κ3) is 4.24. The largest absolute Gasteiger partial charge is 0.381 e. The summed E-state index contributed by atoms with van der Waals surface area (Å²) in [5.41, 5.74) is 0. The summed E-state index contributed by atoms with van der Waals surface area (Å²) in [6, 6.07) is 0.795. The van der Waals surface area contributed by atoms with E-state index in [1.807, 2.05) is 0 Å². The van der Waals surface area contributed by atoms with Crippen LogP contribution < -0.4 is 5.32 Å². The Morgan fingerprint density at radius 2 is 1.89 bits per heavy atom. The standard InChI is InChI=1S/C16H31NO/c1-3-8-17-16-5-4-13(2)11-15(16)12-14-6-9-18-10-7-14/h13-17H,3-12H2,1-2H3. The van der Waals surface area contributed by atoms with Gasteiger partial charge in [0.1, 0.15) is 0 Å². The summed E-state index contributed by atoms with van der Waals surface area (Å²) in [5, 5.41) is 3.80. The van der Waals surface area contributed by atoms with Gasteiger partial charge in [-0.15, -0.1) is 0 Å². The van der Waals surface area contributed by atoms with Crippen LogP contribution in [0.15, 0.2) is 0 Å². The van der Waals surface area contributed by atoms with E-state index in [0.717, 1.165) is 37.0 Å². The zero-order valence-corrected chi connectivity index (χ0v) is 12.3.